The average Bonchev–Trinajstić information content (AvgIpc) is 2.70. The third-order valence-corrected chi connectivity index (χ3v) is 2.73. The molecule has 2 saturated carbocycles. The number of nitrogens with one attached hydrogen (secondary N) is 1. The minimum atomic E-state index is -0.167. The summed E-state index contributed by atoms with van der Waals surface area (Å²) in [5.74, 6) is 0.300. The Hall–Kier alpha value is -1.04. The molecular formula is C7H8N2O. The summed E-state index contributed by atoms with van der Waals surface area (Å²) >= 11 is 0. The summed E-state index contributed by atoms with van der Waals surface area (Å²) in [6, 6.07) is 2.22. The largest absolute Gasteiger partial charge is 0.484 e. The molecule has 0 aromatic carbocycles. The van der Waals surface area contributed by atoms with E-state index in [1.54, 1.807) is 0 Å². The standard InChI is InChI=1S/C7H8N2O/c1-10-5(9)7-2-6(7,3-7)4-8/h9H,2-3H2,1H3. The van der Waals surface area contributed by atoms with E-state index in [9.17, 15) is 0 Å². The molecule has 0 radical (unpaired) electrons. The number of ether oxygens (including phenoxy) is 1. The molecule has 52 valence electrons. The fraction of sp³-hybridized carbons (Fsp3) is 0.714. The van der Waals surface area contributed by atoms with Gasteiger partial charge < -0.3 is 4.74 Å². The fourth-order valence-electron chi connectivity index (χ4n) is 1.65. The van der Waals surface area contributed by atoms with E-state index < -0.39 is 0 Å². The first-order valence-corrected chi connectivity index (χ1v) is 3.25. The van der Waals surface area contributed by atoms with Gasteiger partial charge in [-0.3, -0.25) is 5.41 Å². The Balaban J connectivity index is 2.15. The summed E-state index contributed by atoms with van der Waals surface area (Å²) in [4.78, 5) is 0. The van der Waals surface area contributed by atoms with Crippen molar-refractivity contribution in [1.82, 2.24) is 0 Å². The molecule has 2 rings (SSSR count). The minimum absolute atomic E-state index is 0.128. The van der Waals surface area contributed by atoms with Crippen LogP contribution in [0.2, 0.25) is 0 Å². The first-order valence-electron chi connectivity index (χ1n) is 3.25. The predicted octanol–water partition coefficient (Wildman–Crippen LogP) is 0.914. The minimum Gasteiger partial charge on any atom is -0.484 e. The molecule has 0 saturated heterocycles. The van der Waals surface area contributed by atoms with Crippen molar-refractivity contribution in [1.29, 1.82) is 10.7 Å². The molecule has 1 N–H and O–H groups in total. The number of hydrogen-bond acceptors (Lipinski definition) is 3. The summed E-state index contributed by atoms with van der Waals surface area (Å²) in [5, 5.41) is 16.0. The molecule has 2 fully saturated rings. The lowest BCUT2D eigenvalue weighted by atomic mass is 10.2. The number of nitriles is 1. The Morgan fingerprint density at radius 3 is 2.60 bits per heavy atom. The molecule has 3 nitrogen and oxygen atoms in total. The van der Waals surface area contributed by atoms with Crippen molar-refractivity contribution in [2.45, 2.75) is 12.8 Å². The third kappa shape index (κ3) is 0.340. The van der Waals surface area contributed by atoms with Gasteiger partial charge in [0.15, 0.2) is 5.90 Å². The zero-order valence-corrected chi connectivity index (χ0v) is 5.77. The Kier molecular flexibility index (Phi) is 0.684. The molecular weight excluding hydrogens is 128 g/mol. The Bertz CT molecular complexity index is 245. The maximum Gasteiger partial charge on any atom is 0.188 e. The highest BCUT2D eigenvalue weighted by molar-refractivity contribution is 5.90. The van der Waals surface area contributed by atoms with Crippen molar-refractivity contribution in [3.8, 4) is 6.07 Å². The van der Waals surface area contributed by atoms with Crippen molar-refractivity contribution < 1.29 is 4.74 Å². The highest BCUT2D eigenvalue weighted by Crippen LogP contribution is 2.86. The quantitative estimate of drug-likeness (QED) is 0.430. The van der Waals surface area contributed by atoms with Gasteiger partial charge >= 0.3 is 0 Å². The smallest absolute Gasteiger partial charge is 0.188 e. The van der Waals surface area contributed by atoms with E-state index in [4.69, 9.17) is 15.4 Å². The molecule has 0 amide bonds. The summed E-state index contributed by atoms with van der Waals surface area (Å²) in [7, 11) is 1.50. The van der Waals surface area contributed by atoms with Gasteiger partial charge in [-0.1, -0.05) is 0 Å². The van der Waals surface area contributed by atoms with Crippen LogP contribution in [0.25, 0.3) is 0 Å². The molecule has 0 spiro atoms. The number of fused-ring (bicyclic) bond motifs is 1. The van der Waals surface area contributed by atoms with Crippen LogP contribution in [0.5, 0.6) is 0 Å². The van der Waals surface area contributed by atoms with Crippen LogP contribution in [0.4, 0.5) is 0 Å². The van der Waals surface area contributed by atoms with Gasteiger partial charge in [0.2, 0.25) is 0 Å². The van der Waals surface area contributed by atoms with E-state index in [1.807, 2.05) is 0 Å². The lowest BCUT2D eigenvalue weighted by molar-refractivity contribution is 0.370. The zero-order chi connectivity index (χ0) is 7.41. The van der Waals surface area contributed by atoms with Crippen LogP contribution < -0.4 is 0 Å². The van der Waals surface area contributed by atoms with Crippen molar-refractivity contribution in [2.75, 3.05) is 7.11 Å². The van der Waals surface area contributed by atoms with Crippen LogP contribution >= 0.6 is 0 Å². The Labute approximate surface area is 59.1 Å². The van der Waals surface area contributed by atoms with Crippen LogP contribution in [0.1, 0.15) is 12.8 Å². The van der Waals surface area contributed by atoms with Gasteiger partial charge in [0.1, 0.15) is 0 Å². The van der Waals surface area contributed by atoms with Crippen LogP contribution in [-0.4, -0.2) is 13.0 Å². The molecule has 0 aromatic rings. The van der Waals surface area contributed by atoms with Gasteiger partial charge in [0.25, 0.3) is 0 Å². The fourth-order valence-corrected chi connectivity index (χ4v) is 1.65. The topological polar surface area (TPSA) is 56.9 Å². The van der Waals surface area contributed by atoms with Gasteiger partial charge in [0, 0.05) is 0 Å². The highest BCUT2D eigenvalue weighted by Gasteiger charge is 2.87. The number of rotatable bonds is 1. The van der Waals surface area contributed by atoms with Crippen LogP contribution in [0, 0.1) is 27.6 Å². The molecule has 10 heavy (non-hydrogen) atoms. The molecule has 0 unspecified atom stereocenters. The van der Waals surface area contributed by atoms with Gasteiger partial charge in [-0.2, -0.15) is 5.26 Å². The molecule has 3 heteroatoms. The summed E-state index contributed by atoms with van der Waals surface area (Å²) in [6.45, 7) is 0. The van der Waals surface area contributed by atoms with E-state index in [-0.39, 0.29) is 10.8 Å². The van der Waals surface area contributed by atoms with Gasteiger partial charge in [-0.25, -0.2) is 0 Å². The second kappa shape index (κ2) is 1.20. The second-order valence-electron chi connectivity index (χ2n) is 3.16. The maximum atomic E-state index is 8.61. The van der Waals surface area contributed by atoms with Gasteiger partial charge in [-0.05, 0) is 12.8 Å². The van der Waals surface area contributed by atoms with Crippen LogP contribution in [0.15, 0.2) is 0 Å². The molecule has 0 atom stereocenters. The van der Waals surface area contributed by atoms with Crippen LogP contribution in [-0.2, 0) is 4.74 Å². The summed E-state index contributed by atoms with van der Waals surface area (Å²) in [6.07, 6.45) is 1.70. The van der Waals surface area contributed by atoms with Crippen LogP contribution in [0.3, 0.4) is 0 Å². The van der Waals surface area contributed by atoms with Crippen molar-refractivity contribution in [2.24, 2.45) is 10.8 Å². The lowest BCUT2D eigenvalue weighted by Gasteiger charge is -2.00. The molecule has 0 heterocycles. The van der Waals surface area contributed by atoms with Crippen molar-refractivity contribution in [3.63, 3.8) is 0 Å². The SMILES string of the molecule is COC(=N)C12CC1(C#N)C2. The Morgan fingerprint density at radius 1 is 1.70 bits per heavy atom. The van der Waals surface area contributed by atoms with Gasteiger partial charge in [-0.15, -0.1) is 0 Å². The average molecular weight is 136 g/mol. The number of nitrogens with zero attached hydrogens (tertiary/aromatic N) is 1. The lowest BCUT2D eigenvalue weighted by Crippen LogP contribution is -2.07. The van der Waals surface area contributed by atoms with Crippen molar-refractivity contribution >= 4 is 5.90 Å². The molecule has 0 aromatic heterocycles. The van der Waals surface area contributed by atoms with E-state index in [2.05, 4.69) is 6.07 Å². The normalized spacial score (nSPS) is 46.8. The van der Waals surface area contributed by atoms with E-state index in [1.165, 1.54) is 7.11 Å². The zero-order valence-electron chi connectivity index (χ0n) is 5.77. The molecule has 2 aliphatic carbocycles. The second-order valence-corrected chi connectivity index (χ2v) is 3.16. The number of hydrogen-bond donors (Lipinski definition) is 1. The summed E-state index contributed by atoms with van der Waals surface area (Å²) < 4.78 is 4.78. The Morgan fingerprint density at radius 2 is 2.30 bits per heavy atom. The summed E-state index contributed by atoms with van der Waals surface area (Å²) in [5.41, 5.74) is -0.295. The molecule has 0 aliphatic heterocycles. The first kappa shape index (κ1) is 5.72. The molecule has 0 bridgehead atoms. The third-order valence-electron chi connectivity index (χ3n) is 2.73. The maximum absolute atomic E-state index is 8.61. The molecule has 2 aliphatic rings. The van der Waals surface area contributed by atoms with E-state index in [0.29, 0.717) is 5.90 Å². The number of methoxy groups -OCH3 is 1. The monoisotopic (exact) mass is 136 g/mol. The van der Waals surface area contributed by atoms with E-state index >= 15 is 0 Å². The van der Waals surface area contributed by atoms with E-state index in [0.717, 1.165) is 12.8 Å². The van der Waals surface area contributed by atoms with Gasteiger partial charge in [0.05, 0.1) is 24.0 Å². The van der Waals surface area contributed by atoms with Crippen molar-refractivity contribution in [3.05, 3.63) is 0 Å². The highest BCUT2D eigenvalue weighted by atomic mass is 16.5. The predicted molar refractivity (Wildman–Crippen MR) is 34.4 cm³/mol. The first-order chi connectivity index (χ1) is 4.71.